The van der Waals surface area contributed by atoms with Gasteiger partial charge in [0.05, 0.1) is 36.9 Å². The summed E-state index contributed by atoms with van der Waals surface area (Å²) in [6.45, 7) is 7.67. The molecule has 0 rings (SSSR count). The number of carboxylic acid groups (broad SMARTS) is 2. The number of ether oxygens (including phenoxy) is 2. The molecule has 180 valence electrons. The van der Waals surface area contributed by atoms with Crippen LogP contribution in [0, 0.1) is 11.8 Å². The van der Waals surface area contributed by atoms with Crippen molar-refractivity contribution in [2.45, 2.75) is 66.2 Å². The molecule has 0 aromatic carbocycles. The van der Waals surface area contributed by atoms with E-state index in [0.717, 1.165) is 38.5 Å². The fourth-order valence-electron chi connectivity index (χ4n) is 2.94. The fraction of sp³-hybridized carbons (Fsp3) is 0.538. The molecule has 0 fully saturated rings. The molecule has 0 aliphatic heterocycles. The SMILES string of the molecule is CCCCC=CC=COCC(C)/C(C(=O)O)=C(/C(=O)O)C(C)COC=CC=CCCCC. The van der Waals surface area contributed by atoms with Gasteiger partial charge >= 0.3 is 11.9 Å². The Morgan fingerprint density at radius 3 is 1.41 bits per heavy atom. The van der Waals surface area contributed by atoms with Crippen molar-refractivity contribution in [1.29, 1.82) is 0 Å². The topological polar surface area (TPSA) is 93.1 Å². The Labute approximate surface area is 193 Å². The largest absolute Gasteiger partial charge is 0.501 e. The van der Waals surface area contributed by atoms with Gasteiger partial charge in [0.25, 0.3) is 0 Å². The summed E-state index contributed by atoms with van der Waals surface area (Å²) >= 11 is 0. The summed E-state index contributed by atoms with van der Waals surface area (Å²) in [4.78, 5) is 23.7. The van der Waals surface area contributed by atoms with E-state index in [0.29, 0.717) is 0 Å². The third-order valence-corrected chi connectivity index (χ3v) is 4.72. The second-order valence-corrected chi connectivity index (χ2v) is 7.70. The first kappa shape index (κ1) is 29.2. The molecule has 0 aliphatic rings. The molecule has 2 atom stereocenters. The average molecular weight is 449 g/mol. The third-order valence-electron chi connectivity index (χ3n) is 4.72. The van der Waals surface area contributed by atoms with Gasteiger partial charge in [-0.1, -0.05) is 77.7 Å². The predicted octanol–water partition coefficient (Wildman–Crippen LogP) is 6.28. The zero-order chi connectivity index (χ0) is 24.2. The molecule has 6 nitrogen and oxygen atoms in total. The molecular formula is C26H40O6. The molecule has 0 spiro atoms. The van der Waals surface area contributed by atoms with Crippen LogP contribution in [-0.2, 0) is 19.1 Å². The van der Waals surface area contributed by atoms with Crippen molar-refractivity contribution in [2.24, 2.45) is 11.8 Å². The summed E-state index contributed by atoms with van der Waals surface area (Å²) in [5.74, 6) is -3.73. The number of hydrogen-bond donors (Lipinski definition) is 2. The van der Waals surface area contributed by atoms with Crippen molar-refractivity contribution in [3.63, 3.8) is 0 Å². The summed E-state index contributed by atoms with van der Waals surface area (Å²) in [5.41, 5.74) is -0.326. The van der Waals surface area contributed by atoms with Crippen LogP contribution < -0.4 is 0 Å². The predicted molar refractivity (Wildman–Crippen MR) is 128 cm³/mol. The second kappa shape index (κ2) is 19.0. The van der Waals surface area contributed by atoms with Crippen LogP contribution in [0.15, 0.2) is 60.1 Å². The number of rotatable bonds is 18. The Hall–Kier alpha value is -2.76. The van der Waals surface area contributed by atoms with Gasteiger partial charge in [-0.3, -0.25) is 0 Å². The van der Waals surface area contributed by atoms with E-state index in [4.69, 9.17) is 9.47 Å². The molecule has 6 heteroatoms. The Morgan fingerprint density at radius 2 is 1.09 bits per heavy atom. The van der Waals surface area contributed by atoms with Crippen LogP contribution in [0.4, 0.5) is 0 Å². The van der Waals surface area contributed by atoms with Crippen molar-refractivity contribution in [1.82, 2.24) is 0 Å². The van der Waals surface area contributed by atoms with E-state index in [1.165, 1.54) is 12.5 Å². The lowest BCUT2D eigenvalue weighted by molar-refractivity contribution is -0.137. The molecule has 0 saturated carbocycles. The van der Waals surface area contributed by atoms with Gasteiger partial charge in [0.1, 0.15) is 0 Å². The minimum absolute atomic E-state index is 0.0632. The minimum Gasteiger partial charge on any atom is -0.501 e. The molecule has 0 saturated heterocycles. The first-order chi connectivity index (χ1) is 15.4. The van der Waals surface area contributed by atoms with Gasteiger partial charge in [0.15, 0.2) is 0 Å². The maximum absolute atomic E-state index is 11.9. The van der Waals surface area contributed by atoms with Crippen LogP contribution in [0.1, 0.15) is 66.2 Å². The molecule has 32 heavy (non-hydrogen) atoms. The number of carboxylic acids is 2. The zero-order valence-electron chi connectivity index (χ0n) is 20.0. The number of allylic oxidation sites excluding steroid dienone is 6. The smallest absolute Gasteiger partial charge is 0.332 e. The number of unbranched alkanes of at least 4 members (excludes halogenated alkanes) is 4. The van der Waals surface area contributed by atoms with Crippen molar-refractivity contribution in [2.75, 3.05) is 13.2 Å². The lowest BCUT2D eigenvalue weighted by Crippen LogP contribution is -2.25. The second-order valence-electron chi connectivity index (χ2n) is 7.70. The normalized spacial score (nSPS) is 14.9. The molecule has 0 radical (unpaired) electrons. The Balaban J connectivity index is 5.01. The molecule has 2 unspecified atom stereocenters. The highest BCUT2D eigenvalue weighted by atomic mass is 16.5. The molecule has 2 N–H and O–H groups in total. The molecular weight excluding hydrogens is 408 g/mol. The Kier molecular flexibility index (Phi) is 17.3. The van der Waals surface area contributed by atoms with Gasteiger partial charge in [0, 0.05) is 11.8 Å². The van der Waals surface area contributed by atoms with Gasteiger partial charge in [-0.2, -0.15) is 0 Å². The minimum atomic E-state index is -1.26. The van der Waals surface area contributed by atoms with Crippen LogP contribution in [-0.4, -0.2) is 35.4 Å². The van der Waals surface area contributed by atoms with Crippen LogP contribution in [0.2, 0.25) is 0 Å². The van der Waals surface area contributed by atoms with Gasteiger partial charge in [0.2, 0.25) is 0 Å². The highest BCUT2D eigenvalue weighted by molar-refractivity contribution is 5.99. The molecule has 0 aromatic heterocycles. The van der Waals surface area contributed by atoms with E-state index < -0.39 is 23.8 Å². The quantitative estimate of drug-likeness (QED) is 0.111. The standard InChI is InChI=1S/C26H40O6/c1-5-7-9-11-13-15-17-31-19-21(3)23(25(27)28)24(26(29)30)22(4)20-32-18-16-14-12-10-8-6-2/h11-18,21-22H,5-10,19-20H2,1-4H3,(H,27,28)(H,29,30)/b13-11?,14-12?,17-15?,18-16?,24-23-. The molecule has 0 bridgehead atoms. The number of carbonyl (C=O) groups is 2. The van der Waals surface area contributed by atoms with E-state index in [-0.39, 0.29) is 24.4 Å². The summed E-state index contributed by atoms with van der Waals surface area (Å²) in [7, 11) is 0. The van der Waals surface area contributed by atoms with Crippen molar-refractivity contribution in [3.8, 4) is 0 Å². The maximum Gasteiger partial charge on any atom is 0.332 e. The van der Waals surface area contributed by atoms with E-state index in [9.17, 15) is 19.8 Å². The Bertz CT molecular complexity index is 626. The molecule has 0 amide bonds. The van der Waals surface area contributed by atoms with Crippen LogP contribution >= 0.6 is 0 Å². The van der Waals surface area contributed by atoms with Crippen molar-refractivity contribution < 1.29 is 29.3 Å². The van der Waals surface area contributed by atoms with E-state index in [1.807, 2.05) is 24.3 Å². The van der Waals surface area contributed by atoms with E-state index >= 15 is 0 Å². The summed E-state index contributed by atoms with van der Waals surface area (Å²) in [6.07, 6.45) is 20.8. The van der Waals surface area contributed by atoms with Crippen LogP contribution in [0.3, 0.4) is 0 Å². The summed E-state index contributed by atoms with van der Waals surface area (Å²) in [5, 5.41) is 19.4. The maximum atomic E-state index is 11.9. The highest BCUT2D eigenvalue weighted by Gasteiger charge is 2.29. The summed E-state index contributed by atoms with van der Waals surface area (Å²) < 4.78 is 10.8. The Morgan fingerprint density at radius 1 is 0.719 bits per heavy atom. The summed E-state index contributed by atoms with van der Waals surface area (Å²) in [6, 6.07) is 0. The van der Waals surface area contributed by atoms with Gasteiger partial charge in [-0.05, 0) is 25.0 Å². The molecule has 0 aliphatic carbocycles. The third kappa shape index (κ3) is 13.5. The van der Waals surface area contributed by atoms with Gasteiger partial charge < -0.3 is 19.7 Å². The van der Waals surface area contributed by atoms with E-state index in [1.54, 1.807) is 26.0 Å². The van der Waals surface area contributed by atoms with Crippen LogP contribution in [0.5, 0.6) is 0 Å². The van der Waals surface area contributed by atoms with Crippen molar-refractivity contribution in [3.05, 3.63) is 60.1 Å². The van der Waals surface area contributed by atoms with E-state index in [2.05, 4.69) is 13.8 Å². The van der Waals surface area contributed by atoms with Crippen molar-refractivity contribution >= 4 is 11.9 Å². The first-order valence-electron chi connectivity index (χ1n) is 11.4. The lowest BCUT2D eigenvalue weighted by Gasteiger charge is -2.19. The monoisotopic (exact) mass is 448 g/mol. The molecule has 0 heterocycles. The first-order valence-corrected chi connectivity index (χ1v) is 11.4. The number of aliphatic carboxylic acids is 2. The fourth-order valence-corrected chi connectivity index (χ4v) is 2.94. The average Bonchev–Trinajstić information content (AvgIpc) is 2.74. The number of hydrogen-bond acceptors (Lipinski definition) is 4. The highest BCUT2D eigenvalue weighted by Crippen LogP contribution is 2.23. The van der Waals surface area contributed by atoms with Gasteiger partial charge in [-0.25, -0.2) is 9.59 Å². The zero-order valence-corrected chi connectivity index (χ0v) is 20.0. The van der Waals surface area contributed by atoms with Gasteiger partial charge in [-0.15, -0.1) is 0 Å². The van der Waals surface area contributed by atoms with Crippen LogP contribution in [0.25, 0.3) is 0 Å². The molecule has 0 aromatic rings. The lowest BCUT2D eigenvalue weighted by atomic mass is 9.89.